The Labute approximate surface area is 147 Å². The zero-order valence-corrected chi connectivity index (χ0v) is 14.1. The molecule has 0 unspecified atom stereocenters. The molecule has 2 atom stereocenters. The number of benzene rings is 1. The lowest BCUT2D eigenvalue weighted by atomic mass is 10.1. The van der Waals surface area contributed by atoms with E-state index in [1.165, 1.54) is 21.9 Å². The van der Waals surface area contributed by atoms with Gasteiger partial charge in [-0.05, 0) is 12.1 Å². The lowest BCUT2D eigenvalue weighted by Crippen LogP contribution is -2.44. The van der Waals surface area contributed by atoms with Crippen LogP contribution < -0.4 is 15.4 Å². The van der Waals surface area contributed by atoms with Gasteiger partial charge in [-0.25, -0.2) is 14.2 Å². The summed E-state index contributed by atoms with van der Waals surface area (Å²) >= 11 is 0. The Hall–Kier alpha value is -2.79. The van der Waals surface area contributed by atoms with E-state index in [2.05, 4.69) is 0 Å². The highest BCUT2D eigenvalue weighted by atomic mass is 32.2. The van der Waals surface area contributed by atoms with E-state index < -0.39 is 39.9 Å². The maximum atomic E-state index is 12.2. The molecule has 0 radical (unpaired) electrons. The van der Waals surface area contributed by atoms with Crippen molar-refractivity contribution in [1.29, 1.82) is 0 Å². The molecule has 1 amide bonds. The number of fused-ring (bicyclic) bond motifs is 3. The number of amides is 1. The van der Waals surface area contributed by atoms with E-state index in [1.54, 1.807) is 18.2 Å². The summed E-state index contributed by atoms with van der Waals surface area (Å²) in [5, 5.41) is 0. The third-order valence-corrected chi connectivity index (χ3v) is 5.09. The zero-order chi connectivity index (χ0) is 18.5. The van der Waals surface area contributed by atoms with Crippen LogP contribution in [-0.4, -0.2) is 48.1 Å². The van der Waals surface area contributed by atoms with Crippen molar-refractivity contribution in [2.75, 3.05) is 17.3 Å². The molecule has 138 valence electrons. The van der Waals surface area contributed by atoms with Gasteiger partial charge in [0.25, 0.3) is 10.1 Å². The summed E-state index contributed by atoms with van der Waals surface area (Å²) in [5.74, 6) is -0.673. The van der Waals surface area contributed by atoms with E-state index in [-0.39, 0.29) is 13.0 Å². The second kappa shape index (κ2) is 5.88. The smallest absolute Gasteiger partial charge is 0.423 e. The highest BCUT2D eigenvalue weighted by Gasteiger charge is 2.46. The molecule has 1 saturated heterocycles. The first-order valence-corrected chi connectivity index (χ1v) is 9.33. The van der Waals surface area contributed by atoms with Crippen LogP contribution in [0.2, 0.25) is 0 Å². The fourth-order valence-electron chi connectivity index (χ4n) is 3.14. The minimum Gasteiger partial charge on any atom is -0.489 e. The van der Waals surface area contributed by atoms with Crippen LogP contribution in [0.5, 0.6) is 5.75 Å². The van der Waals surface area contributed by atoms with Crippen molar-refractivity contribution >= 4 is 21.9 Å². The van der Waals surface area contributed by atoms with Crippen molar-refractivity contribution in [3.63, 3.8) is 0 Å². The van der Waals surface area contributed by atoms with Crippen LogP contribution in [0.15, 0.2) is 39.9 Å². The molecule has 4 rings (SSSR count). The lowest BCUT2D eigenvalue weighted by Gasteiger charge is -2.31. The van der Waals surface area contributed by atoms with Crippen LogP contribution in [0.3, 0.4) is 0 Å². The Morgan fingerprint density at radius 2 is 2.08 bits per heavy atom. The molecule has 1 fully saturated rings. The van der Waals surface area contributed by atoms with Gasteiger partial charge in [0.2, 0.25) is 0 Å². The van der Waals surface area contributed by atoms with Crippen molar-refractivity contribution in [2.24, 2.45) is 0 Å². The van der Waals surface area contributed by atoms with Crippen LogP contribution in [0.4, 0.5) is 10.5 Å². The third kappa shape index (κ3) is 2.84. The van der Waals surface area contributed by atoms with E-state index >= 15 is 0 Å². The van der Waals surface area contributed by atoms with Crippen LogP contribution in [0.1, 0.15) is 6.42 Å². The predicted molar refractivity (Wildman–Crippen MR) is 87.4 cm³/mol. The largest absolute Gasteiger partial charge is 0.489 e. The van der Waals surface area contributed by atoms with Crippen LogP contribution >= 0.6 is 0 Å². The van der Waals surface area contributed by atoms with Gasteiger partial charge in [-0.2, -0.15) is 8.42 Å². The summed E-state index contributed by atoms with van der Waals surface area (Å²) in [5.41, 5.74) is 0.970. The summed E-state index contributed by atoms with van der Waals surface area (Å²) < 4.78 is 47.7. The highest BCUT2D eigenvalue weighted by molar-refractivity contribution is 7.85. The second-order valence-corrected chi connectivity index (χ2v) is 7.51. The topological polar surface area (TPSA) is 128 Å². The number of carbonyl (C=O) groups is 1. The van der Waals surface area contributed by atoms with Crippen molar-refractivity contribution < 1.29 is 31.7 Å². The van der Waals surface area contributed by atoms with Gasteiger partial charge >= 0.3 is 11.8 Å². The Morgan fingerprint density at radius 3 is 2.77 bits per heavy atom. The number of cyclic esters (lactones) is 1. The van der Waals surface area contributed by atoms with Gasteiger partial charge in [0.15, 0.2) is 0 Å². The van der Waals surface area contributed by atoms with Gasteiger partial charge in [0, 0.05) is 12.5 Å². The number of carbonyl (C=O) groups excluding carboxylic acids is 1. The fraction of sp³-hybridized carbons (Fsp3) is 0.333. The fourth-order valence-corrected chi connectivity index (χ4v) is 3.67. The van der Waals surface area contributed by atoms with E-state index in [4.69, 9.17) is 18.4 Å². The third-order valence-electron chi connectivity index (χ3n) is 4.34. The summed E-state index contributed by atoms with van der Waals surface area (Å²) in [6.07, 6.45) is 1.36. The van der Waals surface area contributed by atoms with E-state index in [0.29, 0.717) is 17.1 Å². The number of anilines is 1. The average Bonchev–Trinajstić information content (AvgIpc) is 3.15. The average molecular weight is 382 g/mol. The second-order valence-electron chi connectivity index (χ2n) is 5.94. The molecule has 0 saturated carbocycles. The Bertz CT molecular complexity index is 1020. The molecule has 1 N–H and O–H groups in total. The molecule has 10 nitrogen and oxygen atoms in total. The minimum atomic E-state index is -4.15. The molecule has 2 aliphatic rings. The molecule has 0 bridgehead atoms. The van der Waals surface area contributed by atoms with E-state index in [9.17, 15) is 18.0 Å². The molecular formula is C15H14N2O8S. The van der Waals surface area contributed by atoms with Gasteiger partial charge < -0.3 is 13.9 Å². The first kappa shape index (κ1) is 16.7. The standard InChI is InChI=1S/C15H14N2O8S/c18-14-16(4-5-23-14)9-1-2-10-13(7-9)24-8-11-12(3-6-26(20,21)22)25-15(19)17(10)11/h1-2,4-5,7,11-12H,3,6,8H2,(H,20,21,22)/t11-,12+/m0/s1. The molecule has 1 aromatic carbocycles. The first-order chi connectivity index (χ1) is 12.3. The van der Waals surface area contributed by atoms with Crippen LogP contribution in [-0.2, 0) is 14.9 Å². The van der Waals surface area contributed by atoms with Crippen LogP contribution in [0.25, 0.3) is 5.69 Å². The molecular weight excluding hydrogens is 368 g/mol. The summed E-state index contributed by atoms with van der Waals surface area (Å²) in [7, 11) is -4.15. The van der Waals surface area contributed by atoms with Gasteiger partial charge in [0.1, 0.15) is 30.8 Å². The maximum Gasteiger partial charge on any atom is 0.423 e. The number of oxazole rings is 1. The predicted octanol–water partition coefficient (Wildman–Crippen LogP) is 0.795. The molecule has 0 spiro atoms. The van der Waals surface area contributed by atoms with E-state index in [1.807, 2.05) is 0 Å². The summed E-state index contributed by atoms with van der Waals surface area (Å²) in [6, 6.07) is 4.34. The number of aromatic nitrogens is 1. The van der Waals surface area contributed by atoms with Crippen molar-refractivity contribution in [3.05, 3.63) is 41.2 Å². The molecule has 2 aromatic rings. The first-order valence-electron chi connectivity index (χ1n) is 7.72. The van der Waals surface area contributed by atoms with Gasteiger partial charge in [-0.3, -0.25) is 9.45 Å². The SMILES string of the molecule is O=C1O[C@H](CCS(=O)(=O)O)[C@@H]2COc3cc(-n4ccoc4=O)ccc3N12. The van der Waals surface area contributed by atoms with Gasteiger partial charge in [-0.15, -0.1) is 0 Å². The van der Waals surface area contributed by atoms with E-state index in [0.717, 1.165) is 0 Å². The molecule has 2 aliphatic heterocycles. The number of nitrogens with zero attached hydrogens (tertiary/aromatic N) is 2. The maximum absolute atomic E-state index is 12.2. The number of hydrogen-bond donors (Lipinski definition) is 1. The monoisotopic (exact) mass is 382 g/mol. The number of hydrogen-bond acceptors (Lipinski definition) is 7. The number of ether oxygens (including phenoxy) is 2. The normalized spacial score (nSPS) is 21.7. The molecule has 1 aromatic heterocycles. The summed E-state index contributed by atoms with van der Waals surface area (Å²) in [6.45, 7) is 0.0959. The van der Waals surface area contributed by atoms with Gasteiger partial charge in [0.05, 0.1) is 23.3 Å². The van der Waals surface area contributed by atoms with Crippen molar-refractivity contribution in [2.45, 2.75) is 18.6 Å². The number of rotatable bonds is 4. The Morgan fingerprint density at radius 1 is 1.27 bits per heavy atom. The van der Waals surface area contributed by atoms with Crippen molar-refractivity contribution in [1.82, 2.24) is 4.57 Å². The molecule has 26 heavy (non-hydrogen) atoms. The van der Waals surface area contributed by atoms with Gasteiger partial charge in [-0.1, -0.05) is 0 Å². The highest BCUT2D eigenvalue weighted by Crippen LogP contribution is 2.40. The van der Waals surface area contributed by atoms with Crippen molar-refractivity contribution in [3.8, 4) is 11.4 Å². The Kier molecular flexibility index (Phi) is 3.77. The quantitative estimate of drug-likeness (QED) is 0.769. The lowest BCUT2D eigenvalue weighted by molar-refractivity contribution is 0.119. The minimum absolute atomic E-state index is 0.0348. The molecule has 3 heterocycles. The molecule has 0 aliphatic carbocycles. The summed E-state index contributed by atoms with van der Waals surface area (Å²) in [4.78, 5) is 25.3. The molecule has 11 heteroatoms. The van der Waals surface area contributed by atoms with Crippen LogP contribution in [0, 0.1) is 0 Å². The Balaban J connectivity index is 1.63. The zero-order valence-electron chi connectivity index (χ0n) is 13.3.